The number of hydrogen-bond donors (Lipinski definition) is 2. The van der Waals surface area contributed by atoms with Crippen LogP contribution in [0, 0.1) is 5.92 Å². The molecule has 0 saturated carbocycles. The molecule has 0 radical (unpaired) electrons. The average Bonchev–Trinajstić information content (AvgIpc) is 2.50. The lowest BCUT2D eigenvalue weighted by atomic mass is 10.0. The largest absolute Gasteiger partial charge is 0.493 e. The standard InChI is InChI=1S/C16H27N3O2.HI/c1-5-8-18-16(17)19-11-12(2)9-13-6-7-14(20-3)15(10-13)21-4;/h6-7,10,12H,5,8-9,11H2,1-4H3,(H3,17,18,19);1H. The zero-order valence-electron chi connectivity index (χ0n) is 13.9. The molecule has 1 aromatic carbocycles. The van der Waals surface area contributed by atoms with Gasteiger partial charge >= 0.3 is 0 Å². The van der Waals surface area contributed by atoms with Crippen LogP contribution in [0.2, 0.25) is 0 Å². The molecule has 1 aromatic rings. The normalized spacial score (nSPS) is 12.3. The molecule has 0 bridgehead atoms. The van der Waals surface area contributed by atoms with Crippen molar-refractivity contribution >= 4 is 29.9 Å². The quantitative estimate of drug-likeness (QED) is 0.385. The molecule has 1 atom stereocenters. The van der Waals surface area contributed by atoms with Gasteiger partial charge in [0.05, 0.1) is 14.2 Å². The molecule has 0 fully saturated rings. The molecule has 1 unspecified atom stereocenters. The summed E-state index contributed by atoms with van der Waals surface area (Å²) < 4.78 is 10.6. The predicted octanol–water partition coefficient (Wildman–Crippen LogP) is 2.81. The van der Waals surface area contributed by atoms with E-state index in [-0.39, 0.29) is 24.0 Å². The Labute approximate surface area is 150 Å². The van der Waals surface area contributed by atoms with E-state index in [1.807, 2.05) is 12.1 Å². The lowest BCUT2D eigenvalue weighted by Crippen LogP contribution is -2.32. The Hall–Kier alpha value is -1.18. The second-order valence-electron chi connectivity index (χ2n) is 5.15. The number of benzene rings is 1. The number of aliphatic imine (C=N–C) groups is 1. The Kier molecular flexibility index (Phi) is 10.8. The third-order valence-corrected chi connectivity index (χ3v) is 3.16. The molecule has 0 saturated heterocycles. The molecular weight excluding hydrogens is 393 g/mol. The number of ether oxygens (including phenoxy) is 2. The fourth-order valence-electron chi connectivity index (χ4n) is 2.04. The summed E-state index contributed by atoms with van der Waals surface area (Å²) in [6.45, 7) is 5.82. The molecule has 6 heteroatoms. The highest BCUT2D eigenvalue weighted by Crippen LogP contribution is 2.28. The molecular formula is C16H28IN3O2. The van der Waals surface area contributed by atoms with Gasteiger partial charge in [0.25, 0.3) is 0 Å². The molecule has 0 aromatic heterocycles. The second-order valence-corrected chi connectivity index (χ2v) is 5.15. The fraction of sp³-hybridized carbons (Fsp3) is 0.562. The van der Waals surface area contributed by atoms with Crippen molar-refractivity contribution in [2.45, 2.75) is 26.7 Å². The minimum Gasteiger partial charge on any atom is -0.493 e. The summed E-state index contributed by atoms with van der Waals surface area (Å²) in [6, 6.07) is 6.00. The van der Waals surface area contributed by atoms with Crippen LogP contribution in [0.1, 0.15) is 25.8 Å². The van der Waals surface area contributed by atoms with Crippen LogP contribution in [0.5, 0.6) is 11.5 Å². The van der Waals surface area contributed by atoms with Crippen LogP contribution in [0.3, 0.4) is 0 Å². The molecule has 0 aliphatic carbocycles. The highest BCUT2D eigenvalue weighted by atomic mass is 127. The maximum Gasteiger partial charge on any atom is 0.188 e. The van der Waals surface area contributed by atoms with E-state index in [4.69, 9.17) is 15.2 Å². The monoisotopic (exact) mass is 421 g/mol. The van der Waals surface area contributed by atoms with Crippen molar-refractivity contribution in [1.29, 1.82) is 0 Å². The Bertz CT molecular complexity index is 467. The molecule has 22 heavy (non-hydrogen) atoms. The Balaban J connectivity index is 0.00000441. The van der Waals surface area contributed by atoms with E-state index in [0.29, 0.717) is 18.4 Å². The molecule has 0 aliphatic heterocycles. The first-order valence-corrected chi connectivity index (χ1v) is 7.35. The van der Waals surface area contributed by atoms with Crippen LogP contribution in [-0.2, 0) is 6.42 Å². The number of methoxy groups -OCH3 is 2. The zero-order chi connectivity index (χ0) is 15.7. The van der Waals surface area contributed by atoms with Gasteiger partial charge in [-0.1, -0.05) is 19.9 Å². The summed E-state index contributed by atoms with van der Waals surface area (Å²) in [7, 11) is 3.29. The summed E-state index contributed by atoms with van der Waals surface area (Å²) in [5, 5.41) is 3.08. The van der Waals surface area contributed by atoms with Crippen LogP contribution >= 0.6 is 24.0 Å². The number of nitrogens with one attached hydrogen (secondary N) is 1. The van der Waals surface area contributed by atoms with Gasteiger partial charge < -0.3 is 20.5 Å². The summed E-state index contributed by atoms with van der Waals surface area (Å²) in [5.74, 6) is 2.44. The van der Waals surface area contributed by atoms with Gasteiger partial charge in [0.15, 0.2) is 17.5 Å². The number of nitrogens with zero attached hydrogens (tertiary/aromatic N) is 1. The number of nitrogens with two attached hydrogens (primary N) is 1. The number of rotatable bonds is 8. The van der Waals surface area contributed by atoms with E-state index >= 15 is 0 Å². The van der Waals surface area contributed by atoms with Gasteiger partial charge in [0, 0.05) is 13.1 Å². The van der Waals surface area contributed by atoms with Crippen molar-refractivity contribution in [1.82, 2.24) is 5.32 Å². The SMILES string of the molecule is CCCNC(N)=NCC(C)Cc1ccc(OC)c(OC)c1.I. The molecule has 0 spiro atoms. The van der Waals surface area contributed by atoms with E-state index in [1.165, 1.54) is 5.56 Å². The first-order valence-electron chi connectivity index (χ1n) is 7.35. The van der Waals surface area contributed by atoms with Crippen LogP contribution < -0.4 is 20.5 Å². The van der Waals surface area contributed by atoms with E-state index in [9.17, 15) is 0 Å². The van der Waals surface area contributed by atoms with Gasteiger partial charge in [-0.15, -0.1) is 24.0 Å². The molecule has 1 rings (SSSR count). The number of guanidine groups is 1. The lowest BCUT2D eigenvalue weighted by molar-refractivity contribution is 0.354. The van der Waals surface area contributed by atoms with Crippen molar-refractivity contribution in [3.63, 3.8) is 0 Å². The Morgan fingerprint density at radius 3 is 2.55 bits per heavy atom. The van der Waals surface area contributed by atoms with Crippen molar-refractivity contribution in [3.05, 3.63) is 23.8 Å². The second kappa shape index (κ2) is 11.4. The smallest absolute Gasteiger partial charge is 0.188 e. The van der Waals surface area contributed by atoms with Crippen molar-refractivity contribution in [2.24, 2.45) is 16.6 Å². The van der Waals surface area contributed by atoms with E-state index in [2.05, 4.69) is 30.2 Å². The maximum atomic E-state index is 5.79. The first kappa shape index (κ1) is 20.8. The van der Waals surface area contributed by atoms with E-state index < -0.39 is 0 Å². The van der Waals surface area contributed by atoms with Gasteiger partial charge in [-0.3, -0.25) is 4.99 Å². The van der Waals surface area contributed by atoms with Gasteiger partial charge in [-0.25, -0.2) is 0 Å². The van der Waals surface area contributed by atoms with Crippen molar-refractivity contribution in [2.75, 3.05) is 27.3 Å². The number of hydrogen-bond acceptors (Lipinski definition) is 3. The third-order valence-electron chi connectivity index (χ3n) is 3.16. The summed E-state index contributed by atoms with van der Waals surface area (Å²) in [4.78, 5) is 4.36. The molecule has 3 N–H and O–H groups in total. The van der Waals surface area contributed by atoms with Gasteiger partial charge in [-0.05, 0) is 36.5 Å². The van der Waals surface area contributed by atoms with Crippen molar-refractivity contribution < 1.29 is 9.47 Å². The van der Waals surface area contributed by atoms with E-state index in [0.717, 1.165) is 30.9 Å². The van der Waals surface area contributed by atoms with Crippen LogP contribution in [0.15, 0.2) is 23.2 Å². The van der Waals surface area contributed by atoms with Crippen LogP contribution in [0.4, 0.5) is 0 Å². The minimum absolute atomic E-state index is 0. The van der Waals surface area contributed by atoms with Gasteiger partial charge in [-0.2, -0.15) is 0 Å². The highest BCUT2D eigenvalue weighted by molar-refractivity contribution is 14.0. The minimum atomic E-state index is 0. The Morgan fingerprint density at radius 1 is 1.27 bits per heavy atom. The highest BCUT2D eigenvalue weighted by Gasteiger charge is 2.08. The van der Waals surface area contributed by atoms with E-state index in [1.54, 1.807) is 14.2 Å². The number of halogens is 1. The molecule has 0 aliphatic rings. The van der Waals surface area contributed by atoms with Gasteiger partial charge in [0.2, 0.25) is 0 Å². The summed E-state index contributed by atoms with van der Waals surface area (Å²) in [6.07, 6.45) is 1.96. The maximum absolute atomic E-state index is 5.79. The molecule has 0 amide bonds. The summed E-state index contributed by atoms with van der Waals surface area (Å²) in [5.41, 5.74) is 6.99. The van der Waals surface area contributed by atoms with Crippen LogP contribution in [-0.4, -0.2) is 33.3 Å². The average molecular weight is 421 g/mol. The predicted molar refractivity (Wildman–Crippen MR) is 103 cm³/mol. The van der Waals surface area contributed by atoms with Gasteiger partial charge in [0.1, 0.15) is 0 Å². The first-order chi connectivity index (χ1) is 10.1. The van der Waals surface area contributed by atoms with Crippen LogP contribution in [0.25, 0.3) is 0 Å². The molecule has 126 valence electrons. The zero-order valence-corrected chi connectivity index (χ0v) is 16.2. The lowest BCUT2D eigenvalue weighted by Gasteiger charge is -2.13. The van der Waals surface area contributed by atoms with Crippen molar-refractivity contribution in [3.8, 4) is 11.5 Å². The third kappa shape index (κ3) is 7.20. The topological polar surface area (TPSA) is 68.9 Å². The molecule has 0 heterocycles. The summed E-state index contributed by atoms with van der Waals surface area (Å²) >= 11 is 0. The fourth-order valence-corrected chi connectivity index (χ4v) is 2.04. The molecule has 5 nitrogen and oxygen atoms in total. The Morgan fingerprint density at radius 2 is 1.95 bits per heavy atom.